The standard InChI is InChI=1S/C32H50N2O8.C2H6/c1-20(10-13-27-21(2)16-26(23(4)41-27)34-29(36)15-12-22(3)40-19-35)11-14-28-31(38)32(5,39-6)18-25(42-28)17-30(37)33-24-8-7-9-24;1-2/h10-12,14-15,19,21-28,31,38H,7-9,13,16-18H2,1-6H3,(H,33,37)(H,34,36);1-2H3/b14-11+,15-12-,20-10+;/t21?,22?,23?,25-,26?,27?,28?,31-,32?;/m1./s1. The Morgan fingerprint density at radius 2 is 1.84 bits per heavy atom. The lowest BCUT2D eigenvalue weighted by atomic mass is 9.84. The number of aliphatic hydroxyl groups is 1. The van der Waals surface area contributed by atoms with Gasteiger partial charge >= 0.3 is 0 Å². The second-order valence-corrected chi connectivity index (χ2v) is 12.3. The van der Waals surface area contributed by atoms with E-state index in [1.807, 2.05) is 46.8 Å². The Labute approximate surface area is 264 Å². The van der Waals surface area contributed by atoms with E-state index in [9.17, 15) is 19.5 Å². The lowest BCUT2D eigenvalue weighted by Gasteiger charge is -2.44. The van der Waals surface area contributed by atoms with Crippen molar-refractivity contribution in [3.8, 4) is 0 Å². The van der Waals surface area contributed by atoms with Gasteiger partial charge in [-0.15, -0.1) is 0 Å². The number of carbonyl (C=O) groups excluding carboxylic acids is 3. The first kappa shape index (κ1) is 37.7. The summed E-state index contributed by atoms with van der Waals surface area (Å²) in [6, 6.07) is 0.151. The molecule has 44 heavy (non-hydrogen) atoms. The summed E-state index contributed by atoms with van der Waals surface area (Å²) in [4.78, 5) is 35.2. The first-order valence-electron chi connectivity index (χ1n) is 16.2. The maximum Gasteiger partial charge on any atom is 0.293 e. The molecule has 1 saturated carbocycles. The highest BCUT2D eigenvalue weighted by Crippen LogP contribution is 2.34. The van der Waals surface area contributed by atoms with Gasteiger partial charge in [-0.3, -0.25) is 14.4 Å². The highest BCUT2D eigenvalue weighted by molar-refractivity contribution is 5.87. The summed E-state index contributed by atoms with van der Waals surface area (Å²) < 4.78 is 22.9. The van der Waals surface area contributed by atoms with E-state index < -0.39 is 23.9 Å². The van der Waals surface area contributed by atoms with E-state index >= 15 is 0 Å². The fourth-order valence-electron chi connectivity index (χ4n) is 5.70. The predicted molar refractivity (Wildman–Crippen MR) is 170 cm³/mol. The van der Waals surface area contributed by atoms with Crippen LogP contribution in [0.2, 0.25) is 0 Å². The summed E-state index contributed by atoms with van der Waals surface area (Å²) in [6.45, 7) is 14.0. The lowest BCUT2D eigenvalue weighted by Crippen LogP contribution is -2.56. The minimum absolute atomic E-state index is 0.0000724. The second-order valence-electron chi connectivity index (χ2n) is 12.3. The number of methoxy groups -OCH3 is 1. The minimum Gasteiger partial charge on any atom is -0.461 e. The molecule has 2 saturated heterocycles. The van der Waals surface area contributed by atoms with Crippen LogP contribution in [-0.2, 0) is 33.3 Å². The molecule has 2 amide bonds. The number of ether oxygens (including phenoxy) is 4. The molecule has 3 aliphatic rings. The Morgan fingerprint density at radius 1 is 1.14 bits per heavy atom. The van der Waals surface area contributed by atoms with Gasteiger partial charge in [-0.25, -0.2) is 0 Å². The molecule has 2 heterocycles. The molecule has 10 nitrogen and oxygen atoms in total. The molecule has 9 atom stereocenters. The molecule has 0 bridgehead atoms. The van der Waals surface area contributed by atoms with Crippen LogP contribution in [0.4, 0.5) is 0 Å². The molecule has 7 unspecified atom stereocenters. The van der Waals surface area contributed by atoms with Crippen LogP contribution >= 0.6 is 0 Å². The van der Waals surface area contributed by atoms with Gasteiger partial charge < -0.3 is 34.7 Å². The largest absolute Gasteiger partial charge is 0.461 e. The molecule has 0 spiro atoms. The monoisotopic (exact) mass is 620 g/mol. The van der Waals surface area contributed by atoms with Gasteiger partial charge in [-0.05, 0) is 71.8 Å². The number of carbonyl (C=O) groups is 3. The molecule has 10 heteroatoms. The molecule has 0 aromatic rings. The Hall–Kier alpha value is -2.53. The lowest BCUT2D eigenvalue weighted by molar-refractivity contribution is -0.207. The van der Waals surface area contributed by atoms with Crippen LogP contribution in [0.3, 0.4) is 0 Å². The highest BCUT2D eigenvalue weighted by atomic mass is 16.5. The van der Waals surface area contributed by atoms with Crippen molar-refractivity contribution in [3.63, 3.8) is 0 Å². The van der Waals surface area contributed by atoms with Gasteiger partial charge in [-0.2, -0.15) is 0 Å². The topological polar surface area (TPSA) is 132 Å². The SMILES string of the molecule is CC.COC1(C)C[C@@H](CC(=O)NC2CCC2)OC(/C=C/C(C)=C/CC2OC(C)C(NC(=O)/C=C\C(C)OC=O)CC2C)[C@H]1O. The molecule has 3 fully saturated rings. The van der Waals surface area contributed by atoms with Gasteiger partial charge in [0, 0.05) is 25.6 Å². The average molecular weight is 621 g/mol. The summed E-state index contributed by atoms with van der Waals surface area (Å²) in [7, 11) is 1.58. The van der Waals surface area contributed by atoms with E-state index in [4.69, 9.17) is 18.9 Å². The summed E-state index contributed by atoms with van der Waals surface area (Å²) in [6.07, 6.45) is 11.7. The number of amides is 2. The molecule has 0 aromatic heterocycles. The Bertz CT molecular complexity index is 1010. The predicted octanol–water partition coefficient (Wildman–Crippen LogP) is 4.30. The van der Waals surface area contributed by atoms with E-state index in [1.165, 1.54) is 12.2 Å². The first-order chi connectivity index (χ1) is 20.9. The molecule has 250 valence electrons. The Balaban J connectivity index is 0.00000330. The Morgan fingerprint density at radius 3 is 2.45 bits per heavy atom. The highest BCUT2D eigenvalue weighted by Gasteiger charge is 2.46. The third-order valence-corrected chi connectivity index (χ3v) is 8.82. The van der Waals surface area contributed by atoms with Crippen molar-refractivity contribution >= 4 is 18.3 Å². The summed E-state index contributed by atoms with van der Waals surface area (Å²) in [5, 5.41) is 17.1. The molecule has 0 radical (unpaired) electrons. The van der Waals surface area contributed by atoms with Crippen LogP contribution in [0.1, 0.15) is 93.4 Å². The fraction of sp³-hybridized carbons (Fsp3) is 0.735. The van der Waals surface area contributed by atoms with Crippen molar-refractivity contribution in [2.45, 2.75) is 148 Å². The molecular weight excluding hydrogens is 564 g/mol. The normalized spacial score (nSPS) is 33.6. The molecule has 3 N–H and O–H groups in total. The number of allylic oxidation sites excluding steroid dienone is 2. The van der Waals surface area contributed by atoms with Gasteiger partial charge in [0.2, 0.25) is 11.8 Å². The number of aliphatic hydroxyl groups excluding tert-OH is 1. The Kier molecular flexibility index (Phi) is 15.8. The van der Waals surface area contributed by atoms with Gasteiger partial charge in [0.15, 0.2) is 0 Å². The van der Waals surface area contributed by atoms with Crippen molar-refractivity contribution in [1.29, 1.82) is 0 Å². The van der Waals surface area contributed by atoms with Crippen LogP contribution in [0.5, 0.6) is 0 Å². The summed E-state index contributed by atoms with van der Waals surface area (Å²) >= 11 is 0. The van der Waals surface area contributed by atoms with Crippen LogP contribution in [0.15, 0.2) is 36.0 Å². The molecule has 0 aromatic carbocycles. The zero-order chi connectivity index (χ0) is 32.9. The van der Waals surface area contributed by atoms with Crippen LogP contribution < -0.4 is 10.6 Å². The first-order valence-corrected chi connectivity index (χ1v) is 16.2. The molecule has 2 aliphatic heterocycles. The third-order valence-electron chi connectivity index (χ3n) is 8.82. The van der Waals surface area contributed by atoms with E-state index in [0.717, 1.165) is 31.3 Å². The van der Waals surface area contributed by atoms with Crippen molar-refractivity contribution < 1.29 is 38.4 Å². The van der Waals surface area contributed by atoms with Crippen molar-refractivity contribution in [2.24, 2.45) is 5.92 Å². The smallest absolute Gasteiger partial charge is 0.293 e. The van der Waals surface area contributed by atoms with Crippen LogP contribution in [0, 0.1) is 5.92 Å². The number of hydrogen-bond acceptors (Lipinski definition) is 8. The molecule has 1 aliphatic carbocycles. The van der Waals surface area contributed by atoms with Crippen molar-refractivity contribution in [1.82, 2.24) is 10.6 Å². The fourth-order valence-corrected chi connectivity index (χ4v) is 5.70. The van der Waals surface area contributed by atoms with E-state index in [-0.39, 0.29) is 54.5 Å². The van der Waals surface area contributed by atoms with Crippen LogP contribution in [0.25, 0.3) is 0 Å². The van der Waals surface area contributed by atoms with Gasteiger partial charge in [0.05, 0.1) is 36.4 Å². The average Bonchev–Trinajstić information content (AvgIpc) is 2.97. The van der Waals surface area contributed by atoms with Gasteiger partial charge in [0.1, 0.15) is 18.3 Å². The number of nitrogens with one attached hydrogen (secondary N) is 2. The minimum atomic E-state index is -0.872. The maximum absolute atomic E-state index is 12.5. The number of hydrogen-bond donors (Lipinski definition) is 3. The molecular formula is C34H56N2O8. The van der Waals surface area contributed by atoms with Crippen LogP contribution in [-0.4, -0.2) is 84.8 Å². The van der Waals surface area contributed by atoms with E-state index in [0.29, 0.717) is 19.3 Å². The van der Waals surface area contributed by atoms with Crippen molar-refractivity contribution in [2.75, 3.05) is 7.11 Å². The summed E-state index contributed by atoms with van der Waals surface area (Å²) in [5.41, 5.74) is 0.183. The quantitative estimate of drug-likeness (QED) is 0.158. The maximum atomic E-state index is 12.5. The second kappa shape index (κ2) is 18.4. The van der Waals surface area contributed by atoms with Gasteiger partial charge in [0.25, 0.3) is 6.47 Å². The zero-order valence-corrected chi connectivity index (χ0v) is 27.9. The molecule has 3 rings (SSSR count). The summed E-state index contributed by atoms with van der Waals surface area (Å²) in [5.74, 6) is -0.0499. The number of rotatable bonds is 13. The van der Waals surface area contributed by atoms with Gasteiger partial charge in [-0.1, -0.05) is 44.6 Å². The van der Waals surface area contributed by atoms with Crippen molar-refractivity contribution in [3.05, 3.63) is 36.0 Å². The third kappa shape index (κ3) is 11.4. The van der Waals surface area contributed by atoms with E-state index in [2.05, 4.69) is 23.6 Å². The van der Waals surface area contributed by atoms with E-state index in [1.54, 1.807) is 14.0 Å². The zero-order valence-electron chi connectivity index (χ0n) is 27.9.